The number of rotatable bonds is 46. The van der Waals surface area contributed by atoms with Crippen LogP contribution in [0.1, 0.15) is 264 Å². The Balaban J connectivity index is 3.44. The van der Waals surface area contributed by atoms with Crippen molar-refractivity contribution in [2.24, 2.45) is 0 Å². The van der Waals surface area contributed by atoms with Gasteiger partial charge in [0.05, 0.1) is 18.8 Å². The Kier molecular flexibility index (Phi) is 47.3. The average Bonchev–Trinajstić information content (AvgIpc) is 3.22. The molecule has 0 aliphatic carbocycles. The number of amides is 1. The monoisotopic (exact) mass is 798 g/mol. The highest BCUT2D eigenvalue weighted by atomic mass is 16.3. The maximum Gasteiger partial charge on any atom is 0.220 e. The molecule has 3 N–H and O–H groups in total. The fraction of sp³-hybridized carbons (Fsp3) is 0.830. The van der Waals surface area contributed by atoms with Crippen molar-refractivity contribution in [2.45, 2.75) is 276 Å². The van der Waals surface area contributed by atoms with E-state index in [2.05, 4.69) is 55.6 Å². The third kappa shape index (κ3) is 45.3. The van der Waals surface area contributed by atoms with Crippen LogP contribution in [0.2, 0.25) is 0 Å². The van der Waals surface area contributed by atoms with Gasteiger partial charge in [-0.3, -0.25) is 4.79 Å². The first-order chi connectivity index (χ1) is 28.2. The lowest BCUT2D eigenvalue weighted by Crippen LogP contribution is -2.45. The molecule has 0 bridgehead atoms. The van der Waals surface area contributed by atoms with E-state index < -0.39 is 12.1 Å². The van der Waals surface area contributed by atoms with Crippen molar-refractivity contribution in [1.29, 1.82) is 0 Å². The number of hydrogen-bond donors (Lipinski definition) is 3. The maximum absolute atomic E-state index is 12.4. The van der Waals surface area contributed by atoms with Crippen LogP contribution in [0.15, 0.2) is 48.6 Å². The zero-order valence-corrected chi connectivity index (χ0v) is 38.4. The standard InChI is InChI=1S/C53H99NO3/c1-3-5-7-9-11-13-15-17-18-19-20-21-22-23-24-25-26-27-28-29-30-31-32-33-34-35-36-37-39-41-43-45-47-49-53(57)54-51(50-55)52(56)48-46-44-42-40-38-16-14-12-10-8-6-4-2/h15,17,19-20,38,40,46,48,51-52,55-56H,3-14,16,18,21-37,39,41-45,47,49-50H2,1-2H3,(H,54,57)/b17-15-,20-19-,40-38+,48-46+. The molecule has 0 saturated heterocycles. The number of carbonyl (C=O) groups excluding carboxylic acids is 1. The van der Waals surface area contributed by atoms with Gasteiger partial charge in [-0.05, 0) is 64.2 Å². The lowest BCUT2D eigenvalue weighted by Gasteiger charge is -2.19. The van der Waals surface area contributed by atoms with Gasteiger partial charge in [0.1, 0.15) is 0 Å². The molecule has 0 rings (SSSR count). The first-order valence-electron chi connectivity index (χ1n) is 25.4. The van der Waals surface area contributed by atoms with E-state index in [1.165, 1.54) is 205 Å². The van der Waals surface area contributed by atoms with Gasteiger partial charge in [0.2, 0.25) is 5.91 Å². The predicted molar refractivity (Wildman–Crippen MR) is 253 cm³/mol. The van der Waals surface area contributed by atoms with Crippen molar-refractivity contribution >= 4 is 5.91 Å². The van der Waals surface area contributed by atoms with E-state index in [1.54, 1.807) is 6.08 Å². The molecule has 57 heavy (non-hydrogen) atoms. The summed E-state index contributed by atoms with van der Waals surface area (Å²) < 4.78 is 0. The summed E-state index contributed by atoms with van der Waals surface area (Å²) in [5.74, 6) is -0.0723. The smallest absolute Gasteiger partial charge is 0.220 e. The first kappa shape index (κ1) is 55.4. The molecule has 2 atom stereocenters. The van der Waals surface area contributed by atoms with E-state index in [1.807, 2.05) is 6.08 Å². The molecule has 334 valence electrons. The largest absolute Gasteiger partial charge is 0.394 e. The summed E-state index contributed by atoms with van der Waals surface area (Å²) in [6, 6.07) is -0.636. The highest BCUT2D eigenvalue weighted by Crippen LogP contribution is 2.16. The number of aliphatic hydroxyl groups is 2. The molecular formula is C53H99NO3. The van der Waals surface area contributed by atoms with E-state index in [0.29, 0.717) is 6.42 Å². The summed E-state index contributed by atoms with van der Waals surface area (Å²) in [6.45, 7) is 4.28. The van der Waals surface area contributed by atoms with Gasteiger partial charge >= 0.3 is 0 Å². The summed E-state index contributed by atoms with van der Waals surface area (Å²) in [5.41, 5.74) is 0. The summed E-state index contributed by atoms with van der Waals surface area (Å²) in [5, 5.41) is 23.0. The normalized spacial score (nSPS) is 13.3. The summed E-state index contributed by atoms with van der Waals surface area (Å²) in [6.07, 6.45) is 66.9. The molecule has 0 fully saturated rings. The summed E-state index contributed by atoms with van der Waals surface area (Å²) in [4.78, 5) is 12.4. The Morgan fingerprint density at radius 3 is 1.12 bits per heavy atom. The molecule has 0 heterocycles. The quantitative estimate of drug-likeness (QED) is 0.0424. The van der Waals surface area contributed by atoms with Crippen molar-refractivity contribution in [2.75, 3.05) is 6.61 Å². The van der Waals surface area contributed by atoms with Crippen LogP contribution in [0, 0.1) is 0 Å². The first-order valence-corrected chi connectivity index (χ1v) is 25.4. The minimum Gasteiger partial charge on any atom is -0.394 e. The lowest BCUT2D eigenvalue weighted by atomic mass is 10.0. The fourth-order valence-corrected chi connectivity index (χ4v) is 7.64. The van der Waals surface area contributed by atoms with Gasteiger partial charge in [-0.15, -0.1) is 0 Å². The minimum atomic E-state index is -0.859. The third-order valence-corrected chi connectivity index (χ3v) is 11.5. The molecule has 0 aromatic heterocycles. The Morgan fingerprint density at radius 2 is 0.737 bits per heavy atom. The molecule has 0 spiro atoms. The molecule has 0 saturated carbocycles. The number of aliphatic hydroxyl groups excluding tert-OH is 2. The zero-order valence-electron chi connectivity index (χ0n) is 38.4. The van der Waals surface area contributed by atoms with Gasteiger partial charge < -0.3 is 15.5 Å². The molecule has 0 aliphatic heterocycles. The highest BCUT2D eigenvalue weighted by molar-refractivity contribution is 5.76. The van der Waals surface area contributed by atoms with Crippen LogP contribution < -0.4 is 5.32 Å². The van der Waals surface area contributed by atoms with E-state index in [-0.39, 0.29) is 12.5 Å². The Bertz CT molecular complexity index is 908. The molecule has 0 radical (unpaired) electrons. The number of allylic oxidation sites excluding steroid dienone is 7. The van der Waals surface area contributed by atoms with Crippen molar-refractivity contribution < 1.29 is 15.0 Å². The molecule has 0 aromatic rings. The van der Waals surface area contributed by atoms with Gasteiger partial charge in [0.15, 0.2) is 0 Å². The summed E-state index contributed by atoms with van der Waals surface area (Å²) in [7, 11) is 0. The van der Waals surface area contributed by atoms with Gasteiger partial charge in [0.25, 0.3) is 0 Å². The molecule has 0 aromatic carbocycles. The van der Waals surface area contributed by atoms with Crippen molar-refractivity contribution in [3.05, 3.63) is 48.6 Å². The molecule has 4 nitrogen and oxygen atoms in total. The topological polar surface area (TPSA) is 69.6 Å². The SMILES string of the molecule is CCCCCCC/C=C\C/C=C\CCCCCCCCCCCCCCCCCCCCCCCC(=O)NC(CO)C(O)/C=C/CC/C=C/CCCCCCCC. The number of carbonyl (C=O) groups is 1. The Labute approximate surface area is 356 Å². The van der Waals surface area contributed by atoms with E-state index in [4.69, 9.17) is 0 Å². The molecule has 1 amide bonds. The van der Waals surface area contributed by atoms with Crippen LogP contribution in [-0.2, 0) is 4.79 Å². The Morgan fingerprint density at radius 1 is 0.421 bits per heavy atom. The van der Waals surface area contributed by atoms with Crippen LogP contribution in [0.3, 0.4) is 0 Å². The Hall–Kier alpha value is -1.65. The van der Waals surface area contributed by atoms with Gasteiger partial charge in [-0.2, -0.15) is 0 Å². The summed E-state index contributed by atoms with van der Waals surface area (Å²) >= 11 is 0. The second-order valence-electron chi connectivity index (χ2n) is 17.2. The van der Waals surface area contributed by atoms with Crippen LogP contribution in [0.4, 0.5) is 0 Å². The van der Waals surface area contributed by atoms with Crippen LogP contribution in [0.25, 0.3) is 0 Å². The fourth-order valence-electron chi connectivity index (χ4n) is 7.64. The molecule has 2 unspecified atom stereocenters. The van der Waals surface area contributed by atoms with Crippen molar-refractivity contribution in [3.8, 4) is 0 Å². The maximum atomic E-state index is 12.4. The number of hydrogen-bond acceptors (Lipinski definition) is 3. The predicted octanol–water partition coefficient (Wildman–Crippen LogP) is 16.3. The van der Waals surface area contributed by atoms with Crippen LogP contribution in [0.5, 0.6) is 0 Å². The van der Waals surface area contributed by atoms with Crippen LogP contribution in [-0.4, -0.2) is 34.9 Å². The average molecular weight is 798 g/mol. The molecular weight excluding hydrogens is 699 g/mol. The highest BCUT2D eigenvalue weighted by Gasteiger charge is 2.17. The van der Waals surface area contributed by atoms with E-state index in [9.17, 15) is 15.0 Å². The lowest BCUT2D eigenvalue weighted by molar-refractivity contribution is -0.123. The molecule has 4 heteroatoms. The number of nitrogens with one attached hydrogen (secondary N) is 1. The van der Waals surface area contributed by atoms with Gasteiger partial charge in [0, 0.05) is 6.42 Å². The van der Waals surface area contributed by atoms with Gasteiger partial charge in [-0.25, -0.2) is 0 Å². The second kappa shape index (κ2) is 48.7. The van der Waals surface area contributed by atoms with Crippen LogP contribution >= 0.6 is 0 Å². The van der Waals surface area contributed by atoms with E-state index >= 15 is 0 Å². The zero-order chi connectivity index (χ0) is 41.4. The number of unbranched alkanes of at least 4 members (excludes halogenated alkanes) is 33. The van der Waals surface area contributed by atoms with Crippen molar-refractivity contribution in [3.63, 3.8) is 0 Å². The van der Waals surface area contributed by atoms with Crippen molar-refractivity contribution in [1.82, 2.24) is 5.32 Å². The minimum absolute atomic E-state index is 0.0723. The van der Waals surface area contributed by atoms with Gasteiger partial charge in [-0.1, -0.05) is 242 Å². The van der Waals surface area contributed by atoms with E-state index in [0.717, 1.165) is 38.5 Å². The second-order valence-corrected chi connectivity index (χ2v) is 17.2. The molecule has 0 aliphatic rings. The third-order valence-electron chi connectivity index (χ3n) is 11.5.